The highest BCUT2D eigenvalue weighted by Crippen LogP contribution is 2.25. The van der Waals surface area contributed by atoms with Crippen LogP contribution in [0.5, 0.6) is 0 Å². The van der Waals surface area contributed by atoms with Crippen LogP contribution in [0.15, 0.2) is 30.3 Å². The Morgan fingerprint density at radius 1 is 1.30 bits per heavy atom. The summed E-state index contributed by atoms with van der Waals surface area (Å²) in [7, 11) is 1.24. The van der Waals surface area contributed by atoms with Crippen LogP contribution in [0.1, 0.15) is 37.4 Å². The lowest BCUT2D eigenvalue weighted by Gasteiger charge is -2.29. The molecule has 1 saturated carbocycles. The molecular weight excluding hydrogens is 298 g/mol. The smallest absolute Gasteiger partial charge is 0.328 e. The molecule has 3 atom stereocenters. The maximum Gasteiger partial charge on any atom is 0.328 e. The third kappa shape index (κ3) is 4.39. The second kappa shape index (κ2) is 7.87. The molecule has 1 aliphatic carbocycles. The van der Waals surface area contributed by atoms with E-state index in [4.69, 9.17) is 4.74 Å². The third-order valence-electron chi connectivity index (χ3n) is 4.11. The molecule has 6 heteroatoms. The third-order valence-corrected chi connectivity index (χ3v) is 4.11. The van der Waals surface area contributed by atoms with Crippen LogP contribution in [-0.4, -0.2) is 35.9 Å². The standard InChI is InChI=1S/C17H21NO5/c1-23-17(22)14(12-8-5-9-13(19)10-12)18-16(21)15(20)11-6-3-2-4-7-11/h2-4,6-7,12,14-15,20H,5,8-10H2,1H3,(H,18,21)/t12-,14+,15+/m1/s1. The average Bonchev–Trinajstić information content (AvgIpc) is 2.58. The van der Waals surface area contributed by atoms with Gasteiger partial charge in [-0.2, -0.15) is 0 Å². The van der Waals surface area contributed by atoms with E-state index < -0.39 is 24.0 Å². The zero-order valence-corrected chi connectivity index (χ0v) is 13.0. The quantitative estimate of drug-likeness (QED) is 0.794. The van der Waals surface area contributed by atoms with E-state index in [1.54, 1.807) is 30.3 Å². The number of hydrogen-bond donors (Lipinski definition) is 2. The summed E-state index contributed by atoms with van der Waals surface area (Å²) in [5, 5.41) is 12.7. The van der Waals surface area contributed by atoms with Crippen LogP contribution in [0, 0.1) is 5.92 Å². The summed E-state index contributed by atoms with van der Waals surface area (Å²) in [6.07, 6.45) is 0.719. The average molecular weight is 319 g/mol. The van der Waals surface area contributed by atoms with Crippen LogP contribution in [0.3, 0.4) is 0 Å². The highest BCUT2D eigenvalue weighted by molar-refractivity contribution is 5.88. The highest BCUT2D eigenvalue weighted by atomic mass is 16.5. The summed E-state index contributed by atoms with van der Waals surface area (Å²) < 4.78 is 4.74. The van der Waals surface area contributed by atoms with E-state index in [1.807, 2.05) is 0 Å². The fourth-order valence-corrected chi connectivity index (χ4v) is 2.86. The molecule has 23 heavy (non-hydrogen) atoms. The molecule has 2 N–H and O–H groups in total. The number of nitrogens with one attached hydrogen (secondary N) is 1. The summed E-state index contributed by atoms with van der Waals surface area (Å²) in [6, 6.07) is 7.53. The van der Waals surface area contributed by atoms with Crippen molar-refractivity contribution in [3.8, 4) is 0 Å². The molecule has 0 unspecified atom stereocenters. The van der Waals surface area contributed by atoms with Crippen LogP contribution in [0.4, 0.5) is 0 Å². The van der Waals surface area contributed by atoms with Crippen molar-refractivity contribution in [1.82, 2.24) is 5.32 Å². The first-order valence-electron chi connectivity index (χ1n) is 7.66. The Labute approximate surface area is 134 Å². The van der Waals surface area contributed by atoms with Crippen molar-refractivity contribution in [2.24, 2.45) is 5.92 Å². The Kier molecular flexibility index (Phi) is 5.87. The highest BCUT2D eigenvalue weighted by Gasteiger charge is 2.35. The number of aliphatic hydroxyl groups excluding tert-OH is 1. The lowest BCUT2D eigenvalue weighted by molar-refractivity contribution is -0.148. The number of carbonyl (C=O) groups is 3. The summed E-state index contributed by atoms with van der Waals surface area (Å²) in [5.41, 5.74) is 0.438. The van der Waals surface area contributed by atoms with Gasteiger partial charge in [-0.3, -0.25) is 9.59 Å². The van der Waals surface area contributed by atoms with Gasteiger partial charge in [0.05, 0.1) is 7.11 Å². The Morgan fingerprint density at radius 3 is 2.61 bits per heavy atom. The molecule has 1 aromatic carbocycles. The molecule has 0 heterocycles. The molecule has 1 amide bonds. The zero-order chi connectivity index (χ0) is 16.8. The first kappa shape index (κ1) is 17.1. The number of esters is 1. The lowest BCUT2D eigenvalue weighted by atomic mass is 9.83. The molecule has 1 aromatic rings. The fourth-order valence-electron chi connectivity index (χ4n) is 2.86. The van der Waals surface area contributed by atoms with Gasteiger partial charge in [-0.25, -0.2) is 4.79 Å². The summed E-state index contributed by atoms with van der Waals surface area (Å²) in [5.74, 6) is -1.49. The van der Waals surface area contributed by atoms with E-state index in [0.717, 1.165) is 0 Å². The van der Waals surface area contributed by atoms with Crippen LogP contribution in [0.2, 0.25) is 0 Å². The molecule has 0 spiro atoms. The second-order valence-corrected chi connectivity index (χ2v) is 5.72. The molecule has 2 rings (SSSR count). The Balaban J connectivity index is 2.09. The number of hydrogen-bond acceptors (Lipinski definition) is 5. The Morgan fingerprint density at radius 2 is 2.00 bits per heavy atom. The van der Waals surface area contributed by atoms with Crippen LogP contribution in [0.25, 0.3) is 0 Å². The van der Waals surface area contributed by atoms with Crippen molar-refractivity contribution in [2.45, 2.75) is 37.8 Å². The number of ether oxygens (including phenoxy) is 1. The summed E-state index contributed by atoms with van der Waals surface area (Å²) in [6.45, 7) is 0. The largest absolute Gasteiger partial charge is 0.467 e. The number of rotatable bonds is 5. The van der Waals surface area contributed by atoms with Crippen molar-refractivity contribution < 1.29 is 24.2 Å². The van der Waals surface area contributed by atoms with E-state index >= 15 is 0 Å². The molecule has 0 aromatic heterocycles. The first-order chi connectivity index (χ1) is 11.0. The van der Waals surface area contributed by atoms with Crippen LogP contribution in [-0.2, 0) is 19.1 Å². The zero-order valence-electron chi connectivity index (χ0n) is 13.0. The fraction of sp³-hybridized carbons (Fsp3) is 0.471. The van der Waals surface area contributed by atoms with E-state index in [9.17, 15) is 19.5 Å². The summed E-state index contributed by atoms with van der Waals surface area (Å²) >= 11 is 0. The van der Waals surface area contributed by atoms with Gasteiger partial charge in [-0.1, -0.05) is 30.3 Å². The molecule has 6 nitrogen and oxygen atoms in total. The molecule has 1 aliphatic rings. The van der Waals surface area contributed by atoms with E-state index in [0.29, 0.717) is 24.8 Å². The van der Waals surface area contributed by atoms with Gasteiger partial charge in [0, 0.05) is 12.8 Å². The summed E-state index contributed by atoms with van der Waals surface area (Å²) in [4.78, 5) is 35.8. The van der Waals surface area contributed by atoms with Crippen molar-refractivity contribution >= 4 is 17.7 Å². The Hall–Kier alpha value is -2.21. The van der Waals surface area contributed by atoms with E-state index in [1.165, 1.54) is 7.11 Å². The van der Waals surface area contributed by atoms with Gasteiger partial charge in [0.1, 0.15) is 11.8 Å². The number of amides is 1. The van der Waals surface area contributed by atoms with Gasteiger partial charge in [-0.15, -0.1) is 0 Å². The van der Waals surface area contributed by atoms with Gasteiger partial charge in [0.15, 0.2) is 6.10 Å². The number of methoxy groups -OCH3 is 1. The van der Waals surface area contributed by atoms with Crippen molar-refractivity contribution in [3.05, 3.63) is 35.9 Å². The second-order valence-electron chi connectivity index (χ2n) is 5.72. The minimum atomic E-state index is -1.37. The van der Waals surface area contributed by atoms with Gasteiger partial charge in [0.25, 0.3) is 5.91 Å². The SMILES string of the molecule is COC(=O)[C@@H](NC(=O)[C@@H](O)c1ccccc1)[C@@H]1CCCC(=O)C1. The molecule has 0 aliphatic heterocycles. The van der Waals surface area contributed by atoms with Gasteiger partial charge >= 0.3 is 5.97 Å². The van der Waals surface area contributed by atoms with E-state index in [2.05, 4.69) is 5.32 Å². The minimum absolute atomic E-state index is 0.0769. The number of aliphatic hydroxyl groups is 1. The van der Waals surface area contributed by atoms with Crippen LogP contribution < -0.4 is 5.32 Å². The number of Topliss-reactive ketones (excluding diaryl/α,β-unsaturated/α-hetero) is 1. The maximum atomic E-state index is 12.2. The van der Waals surface area contributed by atoms with Gasteiger partial charge in [0.2, 0.25) is 0 Å². The molecule has 0 bridgehead atoms. The molecular formula is C17H21NO5. The normalized spacial score (nSPS) is 20.4. The minimum Gasteiger partial charge on any atom is -0.467 e. The monoisotopic (exact) mass is 319 g/mol. The predicted molar refractivity (Wildman–Crippen MR) is 82.3 cm³/mol. The molecule has 0 radical (unpaired) electrons. The molecule has 0 saturated heterocycles. The van der Waals surface area contributed by atoms with Gasteiger partial charge < -0.3 is 15.2 Å². The predicted octanol–water partition coefficient (Wildman–Crippen LogP) is 1.14. The topological polar surface area (TPSA) is 92.7 Å². The van der Waals surface area contributed by atoms with Crippen molar-refractivity contribution in [3.63, 3.8) is 0 Å². The maximum absolute atomic E-state index is 12.2. The first-order valence-corrected chi connectivity index (χ1v) is 7.66. The number of carbonyl (C=O) groups excluding carboxylic acids is 3. The number of ketones is 1. The Bertz CT molecular complexity index is 572. The number of benzene rings is 1. The van der Waals surface area contributed by atoms with Gasteiger partial charge in [-0.05, 0) is 24.3 Å². The lowest BCUT2D eigenvalue weighted by Crippen LogP contribution is -2.49. The van der Waals surface area contributed by atoms with E-state index in [-0.39, 0.29) is 18.1 Å². The molecule has 1 fully saturated rings. The van der Waals surface area contributed by atoms with Crippen molar-refractivity contribution in [2.75, 3.05) is 7.11 Å². The van der Waals surface area contributed by atoms with Crippen LogP contribution >= 0.6 is 0 Å². The molecule has 124 valence electrons. The van der Waals surface area contributed by atoms with Crippen molar-refractivity contribution in [1.29, 1.82) is 0 Å².